The summed E-state index contributed by atoms with van der Waals surface area (Å²) in [6, 6.07) is 8.51. The minimum Gasteiger partial charge on any atom is -0.381 e. The van der Waals surface area contributed by atoms with Gasteiger partial charge in [-0.15, -0.1) is 0 Å². The van der Waals surface area contributed by atoms with Gasteiger partial charge in [0.25, 0.3) is 5.91 Å². The van der Waals surface area contributed by atoms with Crippen LogP contribution in [0.25, 0.3) is 11.3 Å². The molecule has 0 spiro atoms. The lowest BCUT2D eigenvalue weighted by Gasteiger charge is -2.32. The molecule has 3 amide bonds. The van der Waals surface area contributed by atoms with Crippen molar-refractivity contribution in [3.63, 3.8) is 0 Å². The van der Waals surface area contributed by atoms with Crippen LogP contribution in [0.15, 0.2) is 24.3 Å². The van der Waals surface area contributed by atoms with E-state index in [1.165, 1.54) is 23.3 Å². The maximum atomic E-state index is 13.2. The van der Waals surface area contributed by atoms with Crippen LogP contribution in [0, 0.1) is 6.92 Å². The summed E-state index contributed by atoms with van der Waals surface area (Å²) in [7, 11) is 2.09. The Labute approximate surface area is 218 Å². The van der Waals surface area contributed by atoms with Gasteiger partial charge < -0.3 is 20.3 Å². The number of aryl methyl sites for hydroxylation is 1. The summed E-state index contributed by atoms with van der Waals surface area (Å²) in [6.07, 6.45) is 7.37. The molecule has 3 N–H and O–H groups in total. The molecule has 1 saturated carbocycles. The van der Waals surface area contributed by atoms with Crippen LogP contribution in [-0.2, 0) is 9.53 Å². The van der Waals surface area contributed by atoms with Gasteiger partial charge in [-0.05, 0) is 46.5 Å². The van der Waals surface area contributed by atoms with Gasteiger partial charge in [0.1, 0.15) is 16.2 Å². The van der Waals surface area contributed by atoms with E-state index >= 15 is 0 Å². The van der Waals surface area contributed by atoms with Crippen LogP contribution < -0.4 is 20.9 Å². The molecule has 196 valence electrons. The van der Waals surface area contributed by atoms with Crippen molar-refractivity contribution >= 4 is 33.4 Å². The number of thiazole rings is 1. The second-order valence-corrected chi connectivity index (χ2v) is 11.5. The standard InChI is InChI=1S/C27H39N5O3S/c1-18-10-12-19(13-11-18)22-23(32(4)21-14-16-35-17-15-21)36-26(29-22)30-24(33)27(2,3)31-25(34)28-20-8-6-5-7-9-20/h10-13,20-21H,5-9,14-17H2,1-4H3,(H2,28,31,34)(H,29,30,33). The smallest absolute Gasteiger partial charge is 0.315 e. The van der Waals surface area contributed by atoms with E-state index in [1.807, 2.05) is 0 Å². The number of benzene rings is 1. The molecular weight excluding hydrogens is 474 g/mol. The van der Waals surface area contributed by atoms with Gasteiger partial charge in [0, 0.05) is 37.9 Å². The first kappa shape index (κ1) is 26.4. The highest BCUT2D eigenvalue weighted by atomic mass is 32.1. The number of rotatable bonds is 7. The summed E-state index contributed by atoms with van der Waals surface area (Å²) in [4.78, 5) is 32.9. The van der Waals surface area contributed by atoms with Gasteiger partial charge >= 0.3 is 6.03 Å². The Morgan fingerprint density at radius 2 is 1.72 bits per heavy atom. The molecule has 0 bridgehead atoms. The van der Waals surface area contributed by atoms with E-state index in [9.17, 15) is 9.59 Å². The predicted molar refractivity (Wildman–Crippen MR) is 146 cm³/mol. The first-order valence-corrected chi connectivity index (χ1v) is 13.8. The van der Waals surface area contributed by atoms with Gasteiger partial charge in [-0.3, -0.25) is 10.1 Å². The Morgan fingerprint density at radius 3 is 2.39 bits per heavy atom. The number of ether oxygens (including phenoxy) is 1. The second kappa shape index (κ2) is 11.6. The minimum absolute atomic E-state index is 0.178. The zero-order valence-corrected chi connectivity index (χ0v) is 22.7. The summed E-state index contributed by atoms with van der Waals surface area (Å²) in [5.41, 5.74) is 1.95. The van der Waals surface area contributed by atoms with E-state index in [4.69, 9.17) is 9.72 Å². The Balaban J connectivity index is 1.49. The van der Waals surface area contributed by atoms with E-state index in [0.717, 1.165) is 68.0 Å². The van der Waals surface area contributed by atoms with Gasteiger partial charge in [0.15, 0.2) is 5.13 Å². The molecule has 36 heavy (non-hydrogen) atoms. The Hall–Kier alpha value is -2.65. The van der Waals surface area contributed by atoms with E-state index in [0.29, 0.717) is 11.2 Å². The van der Waals surface area contributed by atoms with Gasteiger partial charge in [-0.1, -0.05) is 60.4 Å². The highest BCUT2D eigenvalue weighted by Gasteiger charge is 2.32. The Kier molecular flexibility index (Phi) is 8.51. The maximum Gasteiger partial charge on any atom is 0.315 e. The summed E-state index contributed by atoms with van der Waals surface area (Å²) in [6.45, 7) is 6.99. The molecule has 9 heteroatoms. The number of carbonyl (C=O) groups excluding carboxylic acids is 2. The number of anilines is 2. The molecule has 1 aliphatic carbocycles. The van der Waals surface area contributed by atoms with Crippen LogP contribution in [-0.4, -0.2) is 54.8 Å². The summed E-state index contributed by atoms with van der Waals surface area (Å²) >= 11 is 1.47. The zero-order valence-electron chi connectivity index (χ0n) is 21.9. The number of hydrogen-bond acceptors (Lipinski definition) is 6. The number of nitrogens with one attached hydrogen (secondary N) is 3. The monoisotopic (exact) mass is 513 g/mol. The molecule has 2 heterocycles. The van der Waals surface area contributed by atoms with Crippen molar-refractivity contribution in [1.82, 2.24) is 15.6 Å². The molecule has 2 aromatic rings. The van der Waals surface area contributed by atoms with Crippen molar-refractivity contribution in [2.75, 3.05) is 30.5 Å². The summed E-state index contributed by atoms with van der Waals surface area (Å²) < 4.78 is 5.55. The number of urea groups is 1. The van der Waals surface area contributed by atoms with Crippen molar-refractivity contribution in [3.05, 3.63) is 29.8 Å². The highest BCUT2D eigenvalue weighted by Crippen LogP contribution is 2.40. The molecule has 8 nitrogen and oxygen atoms in total. The topological polar surface area (TPSA) is 95.6 Å². The van der Waals surface area contributed by atoms with Crippen molar-refractivity contribution in [1.29, 1.82) is 0 Å². The first-order chi connectivity index (χ1) is 17.2. The molecular formula is C27H39N5O3S. The third kappa shape index (κ3) is 6.56. The Morgan fingerprint density at radius 1 is 1.06 bits per heavy atom. The van der Waals surface area contributed by atoms with E-state index in [2.05, 4.69) is 59.1 Å². The van der Waals surface area contributed by atoms with Gasteiger partial charge in [-0.2, -0.15) is 0 Å². The number of aromatic nitrogens is 1. The predicted octanol–water partition coefficient (Wildman–Crippen LogP) is 5.08. The van der Waals surface area contributed by atoms with Crippen LogP contribution in [0.4, 0.5) is 14.9 Å². The van der Waals surface area contributed by atoms with E-state index in [-0.39, 0.29) is 18.0 Å². The first-order valence-electron chi connectivity index (χ1n) is 13.0. The van der Waals surface area contributed by atoms with Crippen LogP contribution in [0.5, 0.6) is 0 Å². The van der Waals surface area contributed by atoms with E-state index in [1.54, 1.807) is 13.8 Å². The number of nitrogens with zero attached hydrogens (tertiary/aromatic N) is 2. The van der Waals surface area contributed by atoms with Crippen LogP contribution in [0.2, 0.25) is 0 Å². The zero-order chi connectivity index (χ0) is 25.7. The molecule has 0 atom stereocenters. The quantitative estimate of drug-likeness (QED) is 0.480. The molecule has 1 saturated heterocycles. The Bertz CT molecular complexity index is 1040. The van der Waals surface area contributed by atoms with Crippen LogP contribution >= 0.6 is 11.3 Å². The lowest BCUT2D eigenvalue weighted by atomic mass is 9.95. The minimum atomic E-state index is -1.10. The number of carbonyl (C=O) groups is 2. The molecule has 0 radical (unpaired) electrons. The largest absolute Gasteiger partial charge is 0.381 e. The van der Waals surface area contributed by atoms with Crippen LogP contribution in [0.1, 0.15) is 64.4 Å². The molecule has 2 fully saturated rings. The van der Waals surface area contributed by atoms with Crippen molar-refractivity contribution in [2.24, 2.45) is 0 Å². The van der Waals surface area contributed by atoms with Crippen molar-refractivity contribution in [2.45, 2.75) is 83.3 Å². The fraction of sp³-hybridized carbons (Fsp3) is 0.593. The van der Waals surface area contributed by atoms with Crippen molar-refractivity contribution < 1.29 is 14.3 Å². The number of amides is 3. The maximum absolute atomic E-state index is 13.2. The van der Waals surface area contributed by atoms with E-state index < -0.39 is 5.54 Å². The highest BCUT2D eigenvalue weighted by molar-refractivity contribution is 7.20. The molecule has 2 aliphatic rings. The molecule has 1 aromatic carbocycles. The van der Waals surface area contributed by atoms with Gasteiger partial charge in [-0.25, -0.2) is 9.78 Å². The fourth-order valence-electron chi connectivity index (χ4n) is 4.80. The number of hydrogen-bond donors (Lipinski definition) is 3. The van der Waals surface area contributed by atoms with Gasteiger partial charge in [0.05, 0.1) is 0 Å². The third-order valence-corrected chi connectivity index (χ3v) is 8.21. The lowest BCUT2D eigenvalue weighted by molar-refractivity contribution is -0.120. The normalized spacial score (nSPS) is 17.4. The lowest BCUT2D eigenvalue weighted by Crippen LogP contribution is -2.56. The van der Waals surface area contributed by atoms with Crippen LogP contribution in [0.3, 0.4) is 0 Å². The fourth-order valence-corrected chi connectivity index (χ4v) is 5.82. The second-order valence-electron chi connectivity index (χ2n) is 10.5. The molecule has 0 unspecified atom stereocenters. The SMILES string of the molecule is Cc1ccc(-c2nc(NC(=O)C(C)(C)NC(=O)NC3CCCCC3)sc2N(C)C2CCOCC2)cc1. The molecule has 1 aliphatic heterocycles. The molecule has 4 rings (SSSR count). The third-order valence-electron chi connectivity index (χ3n) is 7.15. The average molecular weight is 514 g/mol. The molecule has 1 aromatic heterocycles. The summed E-state index contributed by atoms with van der Waals surface area (Å²) in [5.74, 6) is -0.300. The van der Waals surface area contributed by atoms with Crippen molar-refractivity contribution in [3.8, 4) is 11.3 Å². The summed E-state index contributed by atoms with van der Waals surface area (Å²) in [5, 5.41) is 10.4. The van der Waals surface area contributed by atoms with Gasteiger partial charge in [0.2, 0.25) is 0 Å². The average Bonchev–Trinajstić information content (AvgIpc) is 3.28.